The van der Waals surface area contributed by atoms with E-state index in [0.29, 0.717) is 38.1 Å². The lowest BCUT2D eigenvalue weighted by molar-refractivity contribution is 0.0571. The Morgan fingerprint density at radius 1 is 1.00 bits per heavy atom. The second kappa shape index (κ2) is 13.8. The monoisotopic (exact) mass is 657 g/mol. The molecule has 2 amide bonds. The van der Waals surface area contributed by atoms with Gasteiger partial charge in [-0.3, -0.25) is 19.4 Å². The first-order valence-electron chi connectivity index (χ1n) is 15.7. The molecule has 0 saturated heterocycles. The first-order valence-corrected chi connectivity index (χ1v) is 15.7. The lowest BCUT2D eigenvalue weighted by atomic mass is 10.0. The molecule has 0 saturated carbocycles. The Morgan fingerprint density at radius 3 is 2.35 bits per heavy atom. The molecule has 4 aromatic rings. The summed E-state index contributed by atoms with van der Waals surface area (Å²) in [5.74, 6) is -5.10. The molecule has 0 fully saturated rings. The van der Waals surface area contributed by atoms with Gasteiger partial charge in [0.15, 0.2) is 11.4 Å². The molecular formula is C36H34F3N5O4. The van der Waals surface area contributed by atoms with Crippen molar-refractivity contribution in [1.29, 1.82) is 0 Å². The maximum absolute atomic E-state index is 14.3. The number of para-hydroxylation sites is 1. The molecule has 12 heteroatoms. The molecule has 2 aliphatic rings. The molecule has 0 spiro atoms. The van der Waals surface area contributed by atoms with Gasteiger partial charge in [-0.05, 0) is 38.0 Å². The van der Waals surface area contributed by atoms with Crippen LogP contribution in [0.25, 0.3) is 0 Å². The summed E-state index contributed by atoms with van der Waals surface area (Å²) in [5.41, 5.74) is 0.629. The molecule has 2 aliphatic heterocycles. The van der Waals surface area contributed by atoms with Crippen molar-refractivity contribution in [3.8, 4) is 5.75 Å². The number of hydrazone groups is 1. The lowest BCUT2D eigenvalue weighted by Gasteiger charge is -2.41. The molecule has 0 unspecified atom stereocenters. The summed E-state index contributed by atoms with van der Waals surface area (Å²) in [6, 6.07) is 19.1. The van der Waals surface area contributed by atoms with Crippen molar-refractivity contribution in [2.75, 3.05) is 18.1 Å². The highest BCUT2D eigenvalue weighted by atomic mass is 19.1. The Labute approximate surface area is 275 Å². The van der Waals surface area contributed by atoms with E-state index in [4.69, 9.17) is 9.84 Å². The quantitative estimate of drug-likeness (QED) is 0.270. The van der Waals surface area contributed by atoms with Crippen LogP contribution in [0.15, 0.2) is 88.9 Å². The first-order chi connectivity index (χ1) is 23.1. The van der Waals surface area contributed by atoms with Crippen molar-refractivity contribution in [2.24, 2.45) is 5.10 Å². The number of rotatable bonds is 7. The minimum absolute atomic E-state index is 0.0134. The van der Waals surface area contributed by atoms with E-state index < -0.39 is 52.8 Å². The molecule has 0 aliphatic carbocycles. The molecular weight excluding hydrogens is 623 g/mol. The molecule has 2 atom stereocenters. The van der Waals surface area contributed by atoms with Gasteiger partial charge in [-0.15, -0.1) is 0 Å². The van der Waals surface area contributed by atoms with Crippen LogP contribution in [0.2, 0.25) is 0 Å². The van der Waals surface area contributed by atoms with E-state index >= 15 is 0 Å². The summed E-state index contributed by atoms with van der Waals surface area (Å²) in [5, 5.41) is 9.19. The van der Waals surface area contributed by atoms with Crippen molar-refractivity contribution in [3.05, 3.63) is 129 Å². The summed E-state index contributed by atoms with van der Waals surface area (Å²) in [6.45, 7) is 3.97. The van der Waals surface area contributed by atoms with Crippen molar-refractivity contribution in [2.45, 2.75) is 51.9 Å². The van der Waals surface area contributed by atoms with E-state index in [0.717, 1.165) is 17.0 Å². The molecule has 1 aromatic heterocycles. The van der Waals surface area contributed by atoms with Gasteiger partial charge in [-0.1, -0.05) is 48.5 Å². The van der Waals surface area contributed by atoms with Crippen LogP contribution in [0.1, 0.15) is 64.7 Å². The van der Waals surface area contributed by atoms with Gasteiger partial charge in [-0.25, -0.2) is 13.2 Å². The number of nitrogens with zero attached hydrogens (tertiary/aromatic N) is 4. The average molecular weight is 658 g/mol. The first kappa shape index (κ1) is 32.5. The Kier molecular flexibility index (Phi) is 9.33. The highest BCUT2D eigenvalue weighted by molar-refractivity contribution is 5.99. The topological polar surface area (TPSA) is 96.2 Å². The van der Waals surface area contributed by atoms with Gasteiger partial charge in [0.25, 0.3) is 11.8 Å². The van der Waals surface area contributed by atoms with E-state index in [-0.39, 0.29) is 29.7 Å². The van der Waals surface area contributed by atoms with Gasteiger partial charge < -0.3 is 19.5 Å². The number of ether oxygens (including phenoxy) is 1. The standard InChI is InChI=1S/C36H34F3N5O4/c1-22-15-27-19-42(23(2)13-14-44(41-22)26-11-7-4-8-12-26)36(47)32-34(48-21-24-9-5-3-6-10-24)33(45)29(20-43(27)32)35(46)40-18-28-30(38)16-25(37)17-31(28)39/h3-12,16-17,20,23,27H,13-15,18-19,21H2,1-2H3,(H,40,46)/b41-22-/t23-,27-/m0/s1. The van der Waals surface area contributed by atoms with E-state index in [9.17, 15) is 27.6 Å². The number of halogens is 3. The second-order valence-corrected chi connectivity index (χ2v) is 12.0. The SMILES string of the molecule is C/C1=N/N(c2ccccc2)CC[C@H](C)N2C[C@H](C1)n1cc(C(=O)NCc3c(F)cc(F)cc3F)c(=O)c(OCc3ccccc3)c1C2=O. The molecule has 1 N–H and O–H groups in total. The number of hydrogen-bond acceptors (Lipinski definition) is 6. The smallest absolute Gasteiger partial charge is 0.274 e. The number of anilines is 1. The molecule has 3 heterocycles. The molecule has 3 aromatic carbocycles. The van der Waals surface area contributed by atoms with E-state index in [2.05, 4.69) is 5.32 Å². The number of nitrogens with one attached hydrogen (secondary N) is 1. The van der Waals surface area contributed by atoms with E-state index in [1.807, 2.05) is 67.4 Å². The van der Waals surface area contributed by atoms with Gasteiger partial charge in [-0.2, -0.15) is 5.10 Å². The Bertz CT molecular complexity index is 1910. The Hall–Kier alpha value is -5.39. The summed E-state index contributed by atoms with van der Waals surface area (Å²) in [6.07, 6.45) is 2.27. The van der Waals surface area contributed by atoms with Crippen LogP contribution >= 0.6 is 0 Å². The number of carbonyl (C=O) groups is 2. The largest absolute Gasteiger partial charge is 0.483 e. The highest BCUT2D eigenvalue weighted by Gasteiger charge is 2.39. The summed E-state index contributed by atoms with van der Waals surface area (Å²) >= 11 is 0. The van der Waals surface area contributed by atoms with Crippen LogP contribution in [0, 0.1) is 17.5 Å². The third-order valence-electron chi connectivity index (χ3n) is 8.63. The lowest BCUT2D eigenvalue weighted by Crippen LogP contribution is -2.50. The molecule has 9 nitrogen and oxygen atoms in total. The fraction of sp³-hybridized carbons (Fsp3) is 0.278. The third kappa shape index (κ3) is 6.69. The van der Waals surface area contributed by atoms with Crippen molar-refractivity contribution in [3.63, 3.8) is 0 Å². The summed E-state index contributed by atoms with van der Waals surface area (Å²) in [4.78, 5) is 43.5. The normalized spacial score (nSPS) is 18.9. The third-order valence-corrected chi connectivity index (χ3v) is 8.63. The van der Waals surface area contributed by atoms with Gasteiger partial charge in [0.05, 0.1) is 11.7 Å². The van der Waals surface area contributed by atoms with E-state index in [1.54, 1.807) is 21.6 Å². The highest BCUT2D eigenvalue weighted by Crippen LogP contribution is 2.32. The molecule has 48 heavy (non-hydrogen) atoms. The number of hydrogen-bond donors (Lipinski definition) is 1. The second-order valence-electron chi connectivity index (χ2n) is 12.0. The number of carbonyl (C=O) groups excluding carboxylic acids is 2. The van der Waals surface area contributed by atoms with Gasteiger partial charge >= 0.3 is 0 Å². The van der Waals surface area contributed by atoms with Crippen LogP contribution in [-0.4, -0.2) is 46.1 Å². The molecule has 2 bridgehead atoms. The maximum Gasteiger partial charge on any atom is 0.274 e. The molecule has 0 radical (unpaired) electrons. The number of aromatic nitrogens is 1. The van der Waals surface area contributed by atoms with Gasteiger partial charge in [0, 0.05) is 61.7 Å². The maximum atomic E-state index is 14.3. The number of benzene rings is 3. The zero-order valence-corrected chi connectivity index (χ0v) is 26.5. The minimum Gasteiger partial charge on any atom is -0.483 e. The Morgan fingerprint density at radius 2 is 1.67 bits per heavy atom. The fourth-order valence-electron chi connectivity index (χ4n) is 6.10. The number of fused-ring (bicyclic) bond motifs is 4. The number of amides is 2. The zero-order chi connectivity index (χ0) is 33.9. The van der Waals surface area contributed by atoms with Crippen LogP contribution in [0.5, 0.6) is 5.75 Å². The Balaban J connectivity index is 1.42. The molecule has 6 rings (SSSR count). The predicted molar refractivity (Wildman–Crippen MR) is 175 cm³/mol. The number of pyridine rings is 1. The van der Waals surface area contributed by atoms with Gasteiger partial charge in [0.2, 0.25) is 5.43 Å². The minimum atomic E-state index is -1.18. The van der Waals surface area contributed by atoms with Crippen molar-refractivity contribution < 1.29 is 27.5 Å². The van der Waals surface area contributed by atoms with Crippen LogP contribution in [-0.2, 0) is 13.2 Å². The van der Waals surface area contributed by atoms with Crippen molar-refractivity contribution >= 4 is 23.2 Å². The average Bonchev–Trinajstić information content (AvgIpc) is 3.07. The summed E-state index contributed by atoms with van der Waals surface area (Å²) in [7, 11) is 0. The van der Waals surface area contributed by atoms with Crippen molar-refractivity contribution in [1.82, 2.24) is 14.8 Å². The zero-order valence-electron chi connectivity index (χ0n) is 26.5. The predicted octanol–water partition coefficient (Wildman–Crippen LogP) is 5.84. The fourth-order valence-corrected chi connectivity index (χ4v) is 6.10. The van der Waals surface area contributed by atoms with Crippen LogP contribution in [0.4, 0.5) is 18.9 Å². The summed E-state index contributed by atoms with van der Waals surface area (Å²) < 4.78 is 49.8. The van der Waals surface area contributed by atoms with E-state index in [1.165, 1.54) is 6.20 Å². The van der Waals surface area contributed by atoms with Crippen LogP contribution < -0.4 is 20.5 Å². The molecule has 248 valence electrons. The van der Waals surface area contributed by atoms with Gasteiger partial charge in [0.1, 0.15) is 29.6 Å². The van der Waals surface area contributed by atoms with Crippen LogP contribution in [0.3, 0.4) is 0 Å².